The maximum atomic E-state index is 12.2. The summed E-state index contributed by atoms with van der Waals surface area (Å²) in [7, 11) is 0. The summed E-state index contributed by atoms with van der Waals surface area (Å²) in [5.74, 6) is -1.15. The lowest BCUT2D eigenvalue weighted by Crippen LogP contribution is -2.16. The minimum absolute atomic E-state index is 0.155. The molecule has 120 valence electrons. The highest BCUT2D eigenvalue weighted by molar-refractivity contribution is 5.96. The van der Waals surface area contributed by atoms with Crippen LogP contribution in [0.25, 0.3) is 0 Å². The molecule has 0 spiro atoms. The minimum atomic E-state index is -0.992. The van der Waals surface area contributed by atoms with Crippen molar-refractivity contribution in [3.63, 3.8) is 0 Å². The fraction of sp³-hybridized carbons (Fsp3) is 0.263. The Balaban J connectivity index is 2.13. The summed E-state index contributed by atoms with van der Waals surface area (Å²) >= 11 is 0. The highest BCUT2D eigenvalue weighted by Crippen LogP contribution is 2.21. The molecule has 0 aliphatic carbocycles. The number of amides is 1. The Hall–Kier alpha value is -2.62. The molecule has 0 unspecified atom stereocenters. The monoisotopic (exact) mass is 311 g/mol. The van der Waals surface area contributed by atoms with Gasteiger partial charge in [-0.15, -0.1) is 0 Å². The summed E-state index contributed by atoms with van der Waals surface area (Å²) < 4.78 is 0. The first kappa shape index (κ1) is 16.7. The molecule has 2 N–H and O–H groups in total. The zero-order valence-electron chi connectivity index (χ0n) is 13.6. The number of hydrogen-bond acceptors (Lipinski definition) is 2. The predicted molar refractivity (Wildman–Crippen MR) is 91.0 cm³/mol. The predicted octanol–water partition coefficient (Wildman–Crippen LogP) is 3.75. The van der Waals surface area contributed by atoms with E-state index >= 15 is 0 Å². The van der Waals surface area contributed by atoms with Crippen LogP contribution in [0.1, 0.15) is 39.5 Å². The van der Waals surface area contributed by atoms with E-state index in [9.17, 15) is 14.7 Å². The van der Waals surface area contributed by atoms with E-state index in [2.05, 4.69) is 12.2 Å². The van der Waals surface area contributed by atoms with E-state index in [0.717, 1.165) is 17.5 Å². The Labute approximate surface area is 136 Å². The smallest absolute Gasteiger partial charge is 0.336 e. The van der Waals surface area contributed by atoms with Crippen LogP contribution in [-0.2, 0) is 17.6 Å². The summed E-state index contributed by atoms with van der Waals surface area (Å²) in [4.78, 5) is 23.4. The second-order valence-electron chi connectivity index (χ2n) is 5.68. The fourth-order valence-electron chi connectivity index (χ4n) is 2.49. The van der Waals surface area contributed by atoms with E-state index < -0.39 is 5.97 Å². The molecule has 23 heavy (non-hydrogen) atoms. The maximum absolute atomic E-state index is 12.2. The summed E-state index contributed by atoms with van der Waals surface area (Å²) in [5.41, 5.74) is 4.45. The van der Waals surface area contributed by atoms with E-state index in [0.29, 0.717) is 11.3 Å². The van der Waals surface area contributed by atoms with Crippen LogP contribution in [0.5, 0.6) is 0 Å². The number of carbonyl (C=O) groups is 2. The maximum Gasteiger partial charge on any atom is 0.336 e. The van der Waals surface area contributed by atoms with Gasteiger partial charge in [0, 0.05) is 5.69 Å². The molecule has 2 aromatic rings. The van der Waals surface area contributed by atoms with Gasteiger partial charge in [0.15, 0.2) is 0 Å². The topological polar surface area (TPSA) is 66.4 Å². The first-order chi connectivity index (χ1) is 10.9. The van der Waals surface area contributed by atoms with Gasteiger partial charge in [0.1, 0.15) is 0 Å². The molecule has 0 saturated heterocycles. The molecule has 0 fully saturated rings. The average molecular weight is 311 g/mol. The molecule has 0 aliphatic rings. The van der Waals surface area contributed by atoms with Gasteiger partial charge in [-0.1, -0.05) is 37.3 Å². The molecule has 0 aromatic heterocycles. The largest absolute Gasteiger partial charge is 0.478 e. The van der Waals surface area contributed by atoms with Crippen molar-refractivity contribution in [2.24, 2.45) is 0 Å². The Bertz CT molecular complexity index is 733. The van der Waals surface area contributed by atoms with Crippen LogP contribution in [0.15, 0.2) is 36.4 Å². The molecule has 0 saturated carbocycles. The number of carboxylic acids is 1. The number of benzene rings is 2. The van der Waals surface area contributed by atoms with Crippen LogP contribution in [0.4, 0.5) is 5.69 Å². The number of rotatable bonds is 5. The molecule has 0 aliphatic heterocycles. The zero-order valence-corrected chi connectivity index (χ0v) is 13.6. The van der Waals surface area contributed by atoms with E-state index in [4.69, 9.17) is 0 Å². The van der Waals surface area contributed by atoms with Crippen molar-refractivity contribution >= 4 is 17.6 Å². The van der Waals surface area contributed by atoms with E-state index in [1.165, 1.54) is 11.6 Å². The molecular formula is C19H21NO3. The van der Waals surface area contributed by atoms with Crippen molar-refractivity contribution in [3.8, 4) is 0 Å². The molecule has 4 heteroatoms. The number of nitrogens with one attached hydrogen (secondary N) is 1. The van der Waals surface area contributed by atoms with Crippen molar-refractivity contribution < 1.29 is 14.7 Å². The molecule has 1 amide bonds. The van der Waals surface area contributed by atoms with Gasteiger partial charge in [-0.2, -0.15) is 0 Å². The van der Waals surface area contributed by atoms with E-state index in [-0.39, 0.29) is 17.9 Å². The van der Waals surface area contributed by atoms with Crippen LogP contribution in [-0.4, -0.2) is 17.0 Å². The normalized spacial score (nSPS) is 10.4. The second-order valence-corrected chi connectivity index (χ2v) is 5.68. The number of hydrogen-bond donors (Lipinski definition) is 2. The molecule has 0 atom stereocenters. The van der Waals surface area contributed by atoms with Gasteiger partial charge in [0.25, 0.3) is 0 Å². The van der Waals surface area contributed by atoms with Gasteiger partial charge >= 0.3 is 5.97 Å². The van der Waals surface area contributed by atoms with Gasteiger partial charge in [-0.25, -0.2) is 4.79 Å². The van der Waals surface area contributed by atoms with Gasteiger partial charge in [0.2, 0.25) is 5.91 Å². The van der Waals surface area contributed by atoms with Crippen LogP contribution in [0.2, 0.25) is 0 Å². The quantitative estimate of drug-likeness (QED) is 0.884. The summed E-state index contributed by atoms with van der Waals surface area (Å²) in [5, 5.41) is 12.0. The van der Waals surface area contributed by atoms with Gasteiger partial charge in [-0.05, 0) is 48.6 Å². The Morgan fingerprint density at radius 1 is 1.00 bits per heavy atom. The lowest BCUT2D eigenvalue weighted by atomic mass is 10.0. The van der Waals surface area contributed by atoms with Crippen LogP contribution >= 0.6 is 0 Å². The summed E-state index contributed by atoms with van der Waals surface area (Å²) in [6.07, 6.45) is 1.23. The van der Waals surface area contributed by atoms with Crippen LogP contribution in [0, 0.1) is 13.8 Å². The van der Waals surface area contributed by atoms with Crippen molar-refractivity contribution in [1.29, 1.82) is 0 Å². The van der Waals surface area contributed by atoms with Gasteiger partial charge < -0.3 is 10.4 Å². The van der Waals surface area contributed by atoms with Gasteiger partial charge in [0.05, 0.1) is 12.0 Å². The van der Waals surface area contributed by atoms with Crippen LogP contribution < -0.4 is 5.32 Å². The number of aromatic carboxylic acids is 1. The highest BCUT2D eigenvalue weighted by atomic mass is 16.4. The van der Waals surface area contributed by atoms with Crippen molar-refractivity contribution in [3.05, 3.63) is 64.2 Å². The standard InChI is InChI=1S/C19H21NO3/c1-4-14-5-7-15(8-6-14)10-18(21)20-17-11-16(19(22)23)12(2)9-13(17)3/h5-9,11H,4,10H2,1-3H3,(H,20,21)(H,22,23). The van der Waals surface area contributed by atoms with E-state index in [1.54, 1.807) is 13.0 Å². The molecule has 0 bridgehead atoms. The molecule has 0 radical (unpaired) electrons. The SMILES string of the molecule is CCc1ccc(CC(=O)Nc2cc(C(=O)O)c(C)cc2C)cc1. The fourth-order valence-corrected chi connectivity index (χ4v) is 2.49. The number of anilines is 1. The molecule has 2 aromatic carbocycles. The molecule has 4 nitrogen and oxygen atoms in total. The van der Waals surface area contributed by atoms with Crippen molar-refractivity contribution in [2.75, 3.05) is 5.32 Å². The molecular weight excluding hydrogens is 290 g/mol. The van der Waals surface area contributed by atoms with E-state index in [1.807, 2.05) is 31.2 Å². The molecule has 0 heterocycles. The number of aryl methyl sites for hydroxylation is 3. The van der Waals surface area contributed by atoms with Gasteiger partial charge in [-0.3, -0.25) is 4.79 Å². The van der Waals surface area contributed by atoms with Crippen molar-refractivity contribution in [1.82, 2.24) is 0 Å². The first-order valence-electron chi connectivity index (χ1n) is 7.63. The zero-order chi connectivity index (χ0) is 17.0. The third-order valence-corrected chi connectivity index (χ3v) is 3.87. The second kappa shape index (κ2) is 7.09. The first-order valence-corrected chi connectivity index (χ1v) is 7.63. The number of carbonyl (C=O) groups excluding carboxylic acids is 1. The van der Waals surface area contributed by atoms with Crippen molar-refractivity contribution in [2.45, 2.75) is 33.6 Å². The third kappa shape index (κ3) is 4.19. The minimum Gasteiger partial charge on any atom is -0.478 e. The Morgan fingerprint density at radius 3 is 2.17 bits per heavy atom. The summed E-state index contributed by atoms with van der Waals surface area (Å²) in [6, 6.07) is 11.2. The molecule has 2 rings (SSSR count). The van der Waals surface area contributed by atoms with Crippen LogP contribution in [0.3, 0.4) is 0 Å². The highest BCUT2D eigenvalue weighted by Gasteiger charge is 2.12. The lowest BCUT2D eigenvalue weighted by molar-refractivity contribution is -0.115. The third-order valence-electron chi connectivity index (χ3n) is 3.87. The Kier molecular flexibility index (Phi) is 5.16. The lowest BCUT2D eigenvalue weighted by Gasteiger charge is -2.11. The summed E-state index contributed by atoms with van der Waals surface area (Å²) in [6.45, 7) is 5.68. The number of carboxylic acid groups (broad SMARTS) is 1. The Morgan fingerprint density at radius 2 is 1.61 bits per heavy atom. The average Bonchev–Trinajstić information content (AvgIpc) is 2.50.